The van der Waals surface area contributed by atoms with Gasteiger partial charge in [0.2, 0.25) is 0 Å². The summed E-state index contributed by atoms with van der Waals surface area (Å²) in [5.74, 6) is 0.462. The Morgan fingerprint density at radius 2 is 2.15 bits per heavy atom. The standard InChI is InChI=1S/C13H15ClF3N3/c14-10-5-9(13(15,16)17)6-19-11(10)20-4-2-12(8-20)1-3-18-7-12/h5-6,18H,1-4,7-8H2. The topological polar surface area (TPSA) is 28.2 Å². The number of anilines is 1. The van der Waals surface area contributed by atoms with Gasteiger partial charge in [0, 0.05) is 31.2 Å². The first-order chi connectivity index (χ1) is 9.40. The third-order valence-electron chi connectivity index (χ3n) is 4.22. The molecule has 1 atom stereocenters. The van der Waals surface area contributed by atoms with E-state index in [2.05, 4.69) is 10.3 Å². The fourth-order valence-electron chi connectivity index (χ4n) is 3.08. The van der Waals surface area contributed by atoms with Crippen molar-refractivity contribution in [1.82, 2.24) is 10.3 Å². The Morgan fingerprint density at radius 3 is 2.75 bits per heavy atom. The van der Waals surface area contributed by atoms with Gasteiger partial charge in [0.25, 0.3) is 0 Å². The maximum Gasteiger partial charge on any atom is 0.417 e. The molecule has 20 heavy (non-hydrogen) atoms. The second kappa shape index (κ2) is 4.77. The first kappa shape index (κ1) is 13.9. The van der Waals surface area contributed by atoms with Crippen LogP contribution >= 0.6 is 11.6 Å². The molecule has 2 fully saturated rings. The smallest absolute Gasteiger partial charge is 0.355 e. The summed E-state index contributed by atoms with van der Waals surface area (Å²) in [7, 11) is 0. The van der Waals surface area contributed by atoms with Crippen LogP contribution in [0.5, 0.6) is 0 Å². The van der Waals surface area contributed by atoms with Gasteiger partial charge in [0.15, 0.2) is 0 Å². The van der Waals surface area contributed by atoms with E-state index in [1.165, 1.54) is 0 Å². The number of hydrogen-bond donors (Lipinski definition) is 1. The van der Waals surface area contributed by atoms with E-state index in [0.717, 1.165) is 51.3 Å². The predicted molar refractivity (Wildman–Crippen MR) is 71.0 cm³/mol. The van der Waals surface area contributed by atoms with Crippen LogP contribution in [0.25, 0.3) is 0 Å². The monoisotopic (exact) mass is 305 g/mol. The number of pyridine rings is 1. The molecule has 0 radical (unpaired) electrons. The Bertz CT molecular complexity index is 512. The van der Waals surface area contributed by atoms with Crippen LogP contribution in [0.1, 0.15) is 18.4 Å². The van der Waals surface area contributed by atoms with E-state index >= 15 is 0 Å². The van der Waals surface area contributed by atoms with E-state index in [-0.39, 0.29) is 10.4 Å². The Balaban J connectivity index is 1.81. The molecule has 3 rings (SSSR count). The molecule has 3 nitrogen and oxygen atoms in total. The van der Waals surface area contributed by atoms with E-state index in [9.17, 15) is 13.2 Å². The summed E-state index contributed by atoms with van der Waals surface area (Å²) >= 11 is 5.99. The lowest BCUT2D eigenvalue weighted by atomic mass is 9.87. The molecule has 1 aromatic rings. The normalized spacial score (nSPS) is 26.7. The van der Waals surface area contributed by atoms with Crippen LogP contribution in [0.15, 0.2) is 12.3 Å². The SMILES string of the molecule is FC(F)(F)c1cnc(N2CCC3(CCNC3)C2)c(Cl)c1. The van der Waals surface area contributed by atoms with Crippen molar-refractivity contribution in [1.29, 1.82) is 0 Å². The summed E-state index contributed by atoms with van der Waals surface area (Å²) in [6.07, 6.45) is -1.42. The lowest BCUT2D eigenvalue weighted by molar-refractivity contribution is -0.137. The van der Waals surface area contributed by atoms with Crippen molar-refractivity contribution in [3.05, 3.63) is 22.8 Å². The van der Waals surface area contributed by atoms with E-state index < -0.39 is 11.7 Å². The molecule has 0 aliphatic carbocycles. The second-order valence-corrected chi connectivity index (χ2v) is 6.03. The molecule has 2 aliphatic heterocycles. The molecule has 2 aliphatic rings. The second-order valence-electron chi connectivity index (χ2n) is 5.63. The maximum absolute atomic E-state index is 12.6. The van der Waals surface area contributed by atoms with E-state index in [1.807, 2.05) is 4.90 Å². The highest BCUT2D eigenvalue weighted by atomic mass is 35.5. The van der Waals surface area contributed by atoms with Crippen molar-refractivity contribution in [3.63, 3.8) is 0 Å². The van der Waals surface area contributed by atoms with Gasteiger partial charge in [-0.3, -0.25) is 0 Å². The molecule has 1 unspecified atom stereocenters. The lowest BCUT2D eigenvalue weighted by Gasteiger charge is -2.24. The van der Waals surface area contributed by atoms with Gasteiger partial charge in [-0.2, -0.15) is 13.2 Å². The summed E-state index contributed by atoms with van der Waals surface area (Å²) in [4.78, 5) is 5.93. The van der Waals surface area contributed by atoms with Gasteiger partial charge in [-0.1, -0.05) is 11.6 Å². The molecule has 0 amide bonds. The van der Waals surface area contributed by atoms with Crippen molar-refractivity contribution < 1.29 is 13.2 Å². The molecule has 1 spiro atoms. The molecule has 110 valence electrons. The maximum atomic E-state index is 12.6. The number of nitrogens with one attached hydrogen (secondary N) is 1. The molecule has 0 saturated carbocycles. The van der Waals surface area contributed by atoms with Gasteiger partial charge in [0.1, 0.15) is 5.82 Å². The molecule has 7 heteroatoms. The highest BCUT2D eigenvalue weighted by Crippen LogP contribution is 2.40. The number of halogens is 4. The lowest BCUT2D eigenvalue weighted by Crippen LogP contribution is -2.29. The van der Waals surface area contributed by atoms with Gasteiger partial charge < -0.3 is 10.2 Å². The third-order valence-corrected chi connectivity index (χ3v) is 4.50. The van der Waals surface area contributed by atoms with Gasteiger partial charge in [-0.25, -0.2) is 4.98 Å². The van der Waals surface area contributed by atoms with Crippen LogP contribution in [0.4, 0.5) is 19.0 Å². The first-order valence-corrected chi connectivity index (χ1v) is 6.96. The summed E-state index contributed by atoms with van der Waals surface area (Å²) in [6.45, 7) is 3.56. The van der Waals surface area contributed by atoms with Crippen molar-refractivity contribution >= 4 is 17.4 Å². The summed E-state index contributed by atoms with van der Waals surface area (Å²) in [6, 6.07) is 0.960. The van der Waals surface area contributed by atoms with Crippen LogP contribution < -0.4 is 10.2 Å². The number of alkyl halides is 3. The average molecular weight is 306 g/mol. The Morgan fingerprint density at radius 1 is 1.35 bits per heavy atom. The number of aromatic nitrogens is 1. The molecule has 1 aromatic heterocycles. The fourth-order valence-corrected chi connectivity index (χ4v) is 3.36. The van der Waals surface area contributed by atoms with Crippen LogP contribution in [0, 0.1) is 5.41 Å². The zero-order chi connectivity index (χ0) is 14.4. The minimum atomic E-state index is -4.41. The van der Waals surface area contributed by atoms with Crippen LogP contribution in [0.3, 0.4) is 0 Å². The van der Waals surface area contributed by atoms with Crippen LogP contribution in [-0.4, -0.2) is 31.2 Å². The summed E-state index contributed by atoms with van der Waals surface area (Å²) in [5.41, 5.74) is -0.573. The van der Waals surface area contributed by atoms with Gasteiger partial charge in [-0.15, -0.1) is 0 Å². The van der Waals surface area contributed by atoms with Crippen LogP contribution in [-0.2, 0) is 6.18 Å². The number of hydrogen-bond acceptors (Lipinski definition) is 3. The zero-order valence-electron chi connectivity index (χ0n) is 10.8. The quantitative estimate of drug-likeness (QED) is 0.864. The summed E-state index contributed by atoms with van der Waals surface area (Å²) in [5, 5.41) is 3.41. The highest BCUT2D eigenvalue weighted by Gasteiger charge is 2.41. The van der Waals surface area contributed by atoms with Crippen molar-refractivity contribution in [2.24, 2.45) is 5.41 Å². The van der Waals surface area contributed by atoms with E-state index in [4.69, 9.17) is 11.6 Å². The Kier molecular flexibility index (Phi) is 3.33. The molecule has 2 saturated heterocycles. The van der Waals surface area contributed by atoms with Crippen molar-refractivity contribution in [2.75, 3.05) is 31.1 Å². The van der Waals surface area contributed by atoms with Crippen molar-refractivity contribution in [2.45, 2.75) is 19.0 Å². The Labute approximate surface area is 120 Å². The van der Waals surface area contributed by atoms with Gasteiger partial charge in [0.05, 0.1) is 10.6 Å². The largest absolute Gasteiger partial charge is 0.417 e. The molecule has 0 bridgehead atoms. The first-order valence-electron chi connectivity index (χ1n) is 6.58. The van der Waals surface area contributed by atoms with E-state index in [0.29, 0.717) is 5.82 Å². The highest BCUT2D eigenvalue weighted by molar-refractivity contribution is 6.33. The van der Waals surface area contributed by atoms with Gasteiger partial charge in [-0.05, 0) is 25.5 Å². The minimum absolute atomic E-state index is 0.0721. The average Bonchev–Trinajstić information content (AvgIpc) is 2.99. The van der Waals surface area contributed by atoms with E-state index in [1.54, 1.807) is 0 Å². The number of nitrogens with zero attached hydrogens (tertiary/aromatic N) is 2. The summed E-state index contributed by atoms with van der Waals surface area (Å²) < 4.78 is 37.8. The zero-order valence-corrected chi connectivity index (χ0v) is 11.6. The fraction of sp³-hybridized carbons (Fsp3) is 0.615. The molecular formula is C13H15ClF3N3. The molecule has 0 aromatic carbocycles. The van der Waals surface area contributed by atoms with Gasteiger partial charge >= 0.3 is 6.18 Å². The Hall–Kier alpha value is -1.01. The number of rotatable bonds is 1. The molecule has 1 N–H and O–H groups in total. The predicted octanol–water partition coefficient (Wildman–Crippen LogP) is 2.94. The molecular weight excluding hydrogens is 291 g/mol. The van der Waals surface area contributed by atoms with Crippen LogP contribution in [0.2, 0.25) is 5.02 Å². The molecule has 3 heterocycles. The minimum Gasteiger partial charge on any atom is -0.355 e. The van der Waals surface area contributed by atoms with Crippen molar-refractivity contribution in [3.8, 4) is 0 Å². The third kappa shape index (κ3) is 2.46.